The SMILES string of the molecule is Cn1c(N(C(=O)OC(C)(C)C)c2ccc(O)cc2)nc2cc([N+](=O)[O-])ccc21. The number of hydrogen-bond acceptors (Lipinski definition) is 6. The maximum Gasteiger partial charge on any atom is 0.421 e. The number of anilines is 2. The highest BCUT2D eigenvalue weighted by molar-refractivity contribution is 5.96. The number of fused-ring (bicyclic) bond motifs is 1. The number of rotatable bonds is 3. The number of benzene rings is 2. The van der Waals surface area contributed by atoms with Crippen LogP contribution >= 0.6 is 0 Å². The number of phenolic OH excluding ortho intramolecular Hbond substituents is 1. The van der Waals surface area contributed by atoms with Crippen molar-refractivity contribution < 1.29 is 19.6 Å². The van der Waals surface area contributed by atoms with Gasteiger partial charge < -0.3 is 14.4 Å². The number of amides is 1. The number of hydrogen-bond donors (Lipinski definition) is 1. The van der Waals surface area contributed by atoms with E-state index in [1.54, 1.807) is 50.6 Å². The summed E-state index contributed by atoms with van der Waals surface area (Å²) in [6.07, 6.45) is -0.661. The fourth-order valence-corrected chi connectivity index (χ4v) is 2.70. The quantitative estimate of drug-likeness (QED) is 0.533. The van der Waals surface area contributed by atoms with Crippen LogP contribution in [-0.2, 0) is 11.8 Å². The zero-order chi connectivity index (χ0) is 20.6. The summed E-state index contributed by atoms with van der Waals surface area (Å²) < 4.78 is 7.16. The average molecular weight is 384 g/mol. The van der Waals surface area contributed by atoms with Gasteiger partial charge in [0.05, 0.1) is 21.6 Å². The van der Waals surface area contributed by atoms with Gasteiger partial charge in [0.15, 0.2) is 0 Å². The molecule has 146 valence electrons. The van der Waals surface area contributed by atoms with Crippen molar-refractivity contribution >= 4 is 34.4 Å². The molecular weight excluding hydrogens is 364 g/mol. The minimum Gasteiger partial charge on any atom is -0.508 e. The summed E-state index contributed by atoms with van der Waals surface area (Å²) in [7, 11) is 1.70. The van der Waals surface area contributed by atoms with Gasteiger partial charge in [-0.1, -0.05) is 0 Å². The van der Waals surface area contributed by atoms with Gasteiger partial charge in [0, 0.05) is 19.2 Å². The van der Waals surface area contributed by atoms with E-state index in [-0.39, 0.29) is 17.4 Å². The van der Waals surface area contributed by atoms with E-state index in [0.717, 1.165) is 0 Å². The first kappa shape index (κ1) is 19.2. The fourth-order valence-electron chi connectivity index (χ4n) is 2.70. The van der Waals surface area contributed by atoms with E-state index in [9.17, 15) is 20.0 Å². The van der Waals surface area contributed by atoms with Gasteiger partial charge in [-0.3, -0.25) is 10.1 Å². The van der Waals surface area contributed by atoms with Crippen LogP contribution in [0.1, 0.15) is 20.8 Å². The van der Waals surface area contributed by atoms with E-state index in [1.165, 1.54) is 29.2 Å². The molecule has 0 spiro atoms. The van der Waals surface area contributed by atoms with E-state index >= 15 is 0 Å². The van der Waals surface area contributed by atoms with Crippen LogP contribution in [0.25, 0.3) is 11.0 Å². The first-order chi connectivity index (χ1) is 13.1. The van der Waals surface area contributed by atoms with Crippen LogP contribution in [0.2, 0.25) is 0 Å². The number of carbonyl (C=O) groups excluding carboxylic acids is 1. The van der Waals surface area contributed by atoms with Crippen LogP contribution in [0.5, 0.6) is 5.75 Å². The Morgan fingerprint density at radius 1 is 1.21 bits per heavy atom. The second-order valence-corrected chi connectivity index (χ2v) is 7.23. The Bertz CT molecular complexity index is 1050. The number of nitro benzene ring substituents is 1. The zero-order valence-corrected chi connectivity index (χ0v) is 15.9. The van der Waals surface area contributed by atoms with Crippen LogP contribution in [0.3, 0.4) is 0 Å². The number of carbonyl (C=O) groups is 1. The molecule has 9 nitrogen and oxygen atoms in total. The maximum atomic E-state index is 12.9. The lowest BCUT2D eigenvalue weighted by molar-refractivity contribution is -0.384. The molecule has 2 aromatic carbocycles. The molecule has 0 radical (unpaired) electrons. The monoisotopic (exact) mass is 384 g/mol. The highest BCUT2D eigenvalue weighted by Gasteiger charge is 2.29. The third-order valence-electron chi connectivity index (χ3n) is 3.94. The van der Waals surface area contributed by atoms with Gasteiger partial charge in [0.25, 0.3) is 5.69 Å². The van der Waals surface area contributed by atoms with Crippen molar-refractivity contribution in [3.63, 3.8) is 0 Å². The van der Waals surface area contributed by atoms with Crippen LogP contribution < -0.4 is 4.90 Å². The second-order valence-electron chi connectivity index (χ2n) is 7.23. The molecule has 3 rings (SSSR count). The number of nitrogens with zero attached hydrogens (tertiary/aromatic N) is 4. The molecular formula is C19H20N4O5. The number of aryl methyl sites for hydroxylation is 1. The Hall–Kier alpha value is -3.62. The van der Waals surface area contributed by atoms with Crippen molar-refractivity contribution in [1.29, 1.82) is 0 Å². The van der Waals surface area contributed by atoms with Crippen molar-refractivity contribution in [2.24, 2.45) is 7.05 Å². The Morgan fingerprint density at radius 3 is 2.43 bits per heavy atom. The molecule has 9 heteroatoms. The van der Waals surface area contributed by atoms with Gasteiger partial charge >= 0.3 is 6.09 Å². The summed E-state index contributed by atoms with van der Waals surface area (Å²) in [6.45, 7) is 5.24. The van der Waals surface area contributed by atoms with Crippen molar-refractivity contribution in [3.05, 3.63) is 52.6 Å². The van der Waals surface area contributed by atoms with Gasteiger partial charge in [-0.15, -0.1) is 0 Å². The molecule has 0 aliphatic heterocycles. The minimum atomic E-state index is -0.740. The van der Waals surface area contributed by atoms with Crippen molar-refractivity contribution in [2.75, 3.05) is 4.90 Å². The van der Waals surface area contributed by atoms with Crippen LogP contribution in [-0.4, -0.2) is 31.3 Å². The number of imidazole rings is 1. The zero-order valence-electron chi connectivity index (χ0n) is 15.9. The van der Waals surface area contributed by atoms with Crippen LogP contribution in [0.15, 0.2) is 42.5 Å². The maximum absolute atomic E-state index is 12.9. The number of ether oxygens (including phenoxy) is 1. The van der Waals surface area contributed by atoms with Gasteiger partial charge in [0.2, 0.25) is 5.95 Å². The molecule has 1 heterocycles. The molecule has 3 aromatic rings. The third-order valence-corrected chi connectivity index (χ3v) is 3.94. The molecule has 0 atom stereocenters. The van der Waals surface area contributed by atoms with E-state index in [4.69, 9.17) is 4.74 Å². The van der Waals surface area contributed by atoms with Gasteiger partial charge in [-0.25, -0.2) is 14.7 Å². The molecule has 0 saturated heterocycles. The summed E-state index contributed by atoms with van der Waals surface area (Å²) >= 11 is 0. The van der Waals surface area contributed by atoms with E-state index in [2.05, 4.69) is 4.98 Å². The fraction of sp³-hybridized carbons (Fsp3) is 0.263. The molecule has 0 aliphatic rings. The molecule has 0 bridgehead atoms. The van der Waals surface area contributed by atoms with Crippen LogP contribution in [0, 0.1) is 10.1 Å². The Morgan fingerprint density at radius 2 is 1.86 bits per heavy atom. The number of nitro groups is 1. The lowest BCUT2D eigenvalue weighted by atomic mass is 10.2. The Labute approximate surface area is 160 Å². The summed E-state index contributed by atoms with van der Waals surface area (Å²) in [5, 5.41) is 20.6. The van der Waals surface area contributed by atoms with E-state index < -0.39 is 16.6 Å². The number of aromatic hydroxyl groups is 1. The normalized spacial score (nSPS) is 11.4. The van der Waals surface area contributed by atoms with Crippen molar-refractivity contribution in [2.45, 2.75) is 26.4 Å². The molecule has 1 N–H and O–H groups in total. The first-order valence-electron chi connectivity index (χ1n) is 8.50. The lowest BCUT2D eigenvalue weighted by Crippen LogP contribution is -2.35. The van der Waals surface area contributed by atoms with E-state index in [1.807, 2.05) is 0 Å². The van der Waals surface area contributed by atoms with E-state index in [0.29, 0.717) is 16.7 Å². The smallest absolute Gasteiger partial charge is 0.421 e. The molecule has 0 unspecified atom stereocenters. The minimum absolute atomic E-state index is 0.0496. The van der Waals surface area contributed by atoms with Crippen molar-refractivity contribution in [1.82, 2.24) is 9.55 Å². The standard InChI is InChI=1S/C19H20N4O5/c1-19(2,3)28-18(25)22(12-5-8-14(24)9-6-12)17-20-15-11-13(23(26)27)7-10-16(15)21(17)4/h5-11,24H,1-4H3. The summed E-state index contributed by atoms with van der Waals surface area (Å²) in [5.74, 6) is 0.281. The van der Waals surface area contributed by atoms with Crippen LogP contribution in [0.4, 0.5) is 22.1 Å². The topological polar surface area (TPSA) is 111 Å². The van der Waals surface area contributed by atoms with Crippen molar-refractivity contribution in [3.8, 4) is 5.75 Å². The largest absolute Gasteiger partial charge is 0.508 e. The second kappa shape index (κ2) is 6.84. The molecule has 0 aliphatic carbocycles. The molecule has 28 heavy (non-hydrogen) atoms. The third kappa shape index (κ3) is 3.73. The number of aromatic nitrogens is 2. The summed E-state index contributed by atoms with van der Waals surface area (Å²) in [4.78, 5) is 29.2. The highest BCUT2D eigenvalue weighted by atomic mass is 16.6. The molecule has 0 fully saturated rings. The molecule has 1 aromatic heterocycles. The Kier molecular flexibility index (Phi) is 4.68. The summed E-state index contributed by atoms with van der Waals surface area (Å²) in [5.41, 5.74) is 0.591. The Balaban J connectivity index is 2.16. The number of non-ortho nitro benzene ring substituents is 1. The summed E-state index contributed by atoms with van der Waals surface area (Å²) in [6, 6.07) is 10.3. The molecule has 0 saturated carbocycles. The van der Waals surface area contributed by atoms with Gasteiger partial charge in [-0.2, -0.15) is 0 Å². The van der Waals surface area contributed by atoms with Gasteiger partial charge in [-0.05, 0) is 51.1 Å². The average Bonchev–Trinajstić information content (AvgIpc) is 2.91. The predicted molar refractivity (Wildman–Crippen MR) is 104 cm³/mol. The first-order valence-corrected chi connectivity index (χ1v) is 8.50. The number of phenols is 1. The lowest BCUT2D eigenvalue weighted by Gasteiger charge is -2.26. The highest BCUT2D eigenvalue weighted by Crippen LogP contribution is 2.31. The molecule has 1 amide bonds. The predicted octanol–water partition coefficient (Wildman–Crippen LogP) is 4.26. The van der Waals surface area contributed by atoms with Gasteiger partial charge in [0.1, 0.15) is 11.4 Å².